The Morgan fingerprint density at radius 2 is 1.18 bits per heavy atom. The van der Waals surface area contributed by atoms with Crippen LogP contribution in [0.25, 0.3) is 0 Å². The van der Waals surface area contributed by atoms with Crippen LogP contribution < -0.4 is 4.74 Å². The first-order valence-electron chi connectivity index (χ1n) is 8.03. The molecule has 0 radical (unpaired) electrons. The Labute approximate surface area is 175 Å². The number of aliphatic hydroxyl groups is 1. The first-order valence-corrected chi connectivity index (χ1v) is 11.3. The highest BCUT2D eigenvalue weighted by molar-refractivity contribution is 14.1. The van der Waals surface area contributed by atoms with E-state index in [1.165, 1.54) is 55.7 Å². The van der Waals surface area contributed by atoms with Crippen molar-refractivity contribution in [1.29, 1.82) is 0 Å². The maximum atomic E-state index is 8.71. The molecule has 0 saturated heterocycles. The number of ether oxygens (including phenoxy) is 1. The quantitative estimate of drug-likeness (QED) is 0.212. The van der Waals surface area contributed by atoms with Crippen LogP contribution >= 0.6 is 67.8 Å². The molecule has 0 amide bonds. The zero-order valence-electron chi connectivity index (χ0n) is 12.9. The predicted octanol–water partition coefficient (Wildman–Crippen LogP) is 6.38. The van der Waals surface area contributed by atoms with E-state index in [4.69, 9.17) is 9.84 Å². The van der Waals surface area contributed by atoms with Crippen molar-refractivity contribution < 1.29 is 9.84 Å². The molecule has 0 aliphatic heterocycles. The van der Waals surface area contributed by atoms with Gasteiger partial charge in [0.2, 0.25) is 0 Å². The second kappa shape index (κ2) is 13.5. The molecule has 0 atom stereocenters. The third-order valence-corrected chi connectivity index (χ3v) is 5.74. The van der Waals surface area contributed by atoms with E-state index in [1.54, 1.807) is 0 Å². The smallest absolute Gasteiger partial charge is 0.145 e. The van der Waals surface area contributed by atoms with Gasteiger partial charge in [-0.1, -0.05) is 44.9 Å². The summed E-state index contributed by atoms with van der Waals surface area (Å²) >= 11 is 7.05. The average Bonchev–Trinajstić information content (AvgIpc) is 2.46. The maximum Gasteiger partial charge on any atom is 0.145 e. The van der Waals surface area contributed by atoms with E-state index in [0.717, 1.165) is 25.2 Å². The molecule has 0 heterocycles. The Kier molecular flexibility index (Phi) is 13.0. The molecule has 1 N–H and O–H groups in total. The molecular weight excluding hydrogens is 617 g/mol. The summed E-state index contributed by atoms with van der Waals surface area (Å²) in [4.78, 5) is 0. The van der Waals surface area contributed by atoms with Gasteiger partial charge < -0.3 is 9.84 Å². The molecule has 1 aromatic carbocycles. The van der Waals surface area contributed by atoms with Gasteiger partial charge in [0.25, 0.3) is 0 Å². The van der Waals surface area contributed by atoms with Gasteiger partial charge in [-0.05, 0) is 92.7 Å². The first kappa shape index (κ1) is 21.2. The van der Waals surface area contributed by atoms with Crippen LogP contribution in [0.5, 0.6) is 5.75 Å². The van der Waals surface area contributed by atoms with Gasteiger partial charge in [0.1, 0.15) is 5.75 Å². The van der Waals surface area contributed by atoms with E-state index in [2.05, 4.69) is 79.9 Å². The number of benzene rings is 1. The van der Waals surface area contributed by atoms with Crippen LogP contribution in [-0.4, -0.2) is 18.3 Å². The average molecular weight is 642 g/mol. The van der Waals surface area contributed by atoms with Crippen LogP contribution in [-0.2, 0) is 0 Å². The topological polar surface area (TPSA) is 29.5 Å². The number of halogens is 3. The predicted molar refractivity (Wildman–Crippen MR) is 119 cm³/mol. The van der Waals surface area contributed by atoms with Crippen molar-refractivity contribution in [2.75, 3.05) is 13.2 Å². The minimum atomic E-state index is 0.346. The lowest BCUT2D eigenvalue weighted by Gasteiger charge is -2.11. The van der Waals surface area contributed by atoms with Crippen molar-refractivity contribution in [1.82, 2.24) is 0 Å². The number of unbranched alkanes of at least 4 members (excludes halogenated alkanes) is 8. The van der Waals surface area contributed by atoms with Crippen molar-refractivity contribution in [3.05, 3.63) is 22.8 Å². The van der Waals surface area contributed by atoms with E-state index >= 15 is 0 Å². The third-order valence-electron chi connectivity index (χ3n) is 3.51. The first-order chi connectivity index (χ1) is 10.6. The van der Waals surface area contributed by atoms with Crippen molar-refractivity contribution in [2.24, 2.45) is 0 Å². The van der Waals surface area contributed by atoms with Gasteiger partial charge in [-0.15, -0.1) is 0 Å². The lowest BCUT2D eigenvalue weighted by atomic mass is 10.1. The molecular formula is C17H25I3O2. The van der Waals surface area contributed by atoms with Crippen LogP contribution in [0.4, 0.5) is 0 Å². The summed E-state index contributed by atoms with van der Waals surface area (Å²) in [6, 6.07) is 4.32. The van der Waals surface area contributed by atoms with Crippen LogP contribution in [0.3, 0.4) is 0 Å². The largest absolute Gasteiger partial charge is 0.491 e. The molecule has 5 heteroatoms. The molecule has 0 spiro atoms. The molecule has 0 fully saturated rings. The van der Waals surface area contributed by atoms with Gasteiger partial charge in [0.15, 0.2) is 0 Å². The van der Waals surface area contributed by atoms with E-state index in [9.17, 15) is 0 Å². The summed E-state index contributed by atoms with van der Waals surface area (Å²) in [7, 11) is 0. The highest BCUT2D eigenvalue weighted by Crippen LogP contribution is 2.29. The summed E-state index contributed by atoms with van der Waals surface area (Å²) < 4.78 is 9.63. The van der Waals surface area contributed by atoms with Gasteiger partial charge in [0, 0.05) is 10.2 Å². The van der Waals surface area contributed by atoms with Gasteiger partial charge in [-0.3, -0.25) is 0 Å². The molecule has 1 aromatic rings. The zero-order valence-corrected chi connectivity index (χ0v) is 19.4. The van der Waals surface area contributed by atoms with Gasteiger partial charge in [-0.25, -0.2) is 0 Å². The van der Waals surface area contributed by atoms with Crippen molar-refractivity contribution in [2.45, 2.75) is 57.8 Å². The fourth-order valence-corrected chi connectivity index (χ4v) is 6.19. The van der Waals surface area contributed by atoms with E-state index in [0.29, 0.717) is 6.61 Å². The highest BCUT2D eigenvalue weighted by atomic mass is 127. The fourth-order valence-electron chi connectivity index (χ4n) is 2.29. The molecule has 22 heavy (non-hydrogen) atoms. The SMILES string of the molecule is OCCCCCCCCCCCOc1c(I)cc(I)cc1I. The molecule has 0 aliphatic carbocycles. The lowest BCUT2D eigenvalue weighted by Crippen LogP contribution is -2.01. The summed E-state index contributed by atoms with van der Waals surface area (Å²) in [6.45, 7) is 1.17. The molecule has 2 nitrogen and oxygen atoms in total. The second-order valence-corrected chi connectivity index (χ2v) is 9.02. The van der Waals surface area contributed by atoms with Crippen LogP contribution in [0.2, 0.25) is 0 Å². The molecule has 0 aliphatic rings. The Balaban J connectivity index is 2.02. The van der Waals surface area contributed by atoms with Crippen molar-refractivity contribution >= 4 is 67.8 Å². The lowest BCUT2D eigenvalue weighted by molar-refractivity contribution is 0.282. The number of rotatable bonds is 12. The van der Waals surface area contributed by atoms with E-state index in [-0.39, 0.29) is 0 Å². The summed E-state index contributed by atoms with van der Waals surface area (Å²) in [5.74, 6) is 1.05. The van der Waals surface area contributed by atoms with Gasteiger partial charge in [-0.2, -0.15) is 0 Å². The molecule has 126 valence electrons. The Morgan fingerprint density at radius 1 is 0.727 bits per heavy atom. The summed E-state index contributed by atoms with van der Waals surface area (Å²) in [6.07, 6.45) is 11.1. The fraction of sp³-hybridized carbons (Fsp3) is 0.647. The monoisotopic (exact) mass is 642 g/mol. The van der Waals surface area contributed by atoms with Crippen molar-refractivity contribution in [3.63, 3.8) is 0 Å². The second-order valence-electron chi connectivity index (χ2n) is 5.45. The standard InChI is InChI=1S/C17H25I3O2/c18-14-12-15(19)17(16(20)13-14)22-11-9-7-5-3-1-2-4-6-8-10-21/h12-13,21H,1-11H2. The van der Waals surface area contributed by atoms with E-state index in [1.807, 2.05) is 0 Å². The summed E-state index contributed by atoms with van der Waals surface area (Å²) in [5, 5.41) is 8.71. The van der Waals surface area contributed by atoms with Gasteiger partial charge in [0.05, 0.1) is 13.7 Å². The minimum Gasteiger partial charge on any atom is -0.491 e. The normalized spacial score (nSPS) is 10.9. The van der Waals surface area contributed by atoms with Crippen molar-refractivity contribution in [3.8, 4) is 5.75 Å². The van der Waals surface area contributed by atoms with Crippen LogP contribution in [0.15, 0.2) is 12.1 Å². The molecule has 0 unspecified atom stereocenters. The molecule has 0 saturated carbocycles. The maximum absolute atomic E-state index is 8.71. The zero-order chi connectivity index (χ0) is 16.2. The molecule has 0 bridgehead atoms. The summed E-state index contributed by atoms with van der Waals surface area (Å²) in [5.41, 5.74) is 0. The number of aliphatic hydroxyl groups excluding tert-OH is 1. The Hall–Kier alpha value is 1.17. The highest BCUT2D eigenvalue weighted by Gasteiger charge is 2.07. The van der Waals surface area contributed by atoms with Crippen LogP contribution in [0.1, 0.15) is 57.8 Å². The van der Waals surface area contributed by atoms with Crippen LogP contribution in [0, 0.1) is 10.7 Å². The minimum absolute atomic E-state index is 0.346. The Morgan fingerprint density at radius 3 is 1.68 bits per heavy atom. The van der Waals surface area contributed by atoms with Gasteiger partial charge >= 0.3 is 0 Å². The van der Waals surface area contributed by atoms with E-state index < -0.39 is 0 Å². The number of hydrogen-bond donors (Lipinski definition) is 1. The molecule has 0 aromatic heterocycles. The molecule has 1 rings (SSSR count). The third kappa shape index (κ3) is 9.46. The Bertz CT molecular complexity index is 401. The number of hydrogen-bond acceptors (Lipinski definition) is 2.